The predicted octanol–water partition coefficient (Wildman–Crippen LogP) is 6.63. The van der Waals surface area contributed by atoms with Crippen molar-refractivity contribution in [3.63, 3.8) is 0 Å². The van der Waals surface area contributed by atoms with Gasteiger partial charge in [0.1, 0.15) is 5.75 Å². The molecule has 6 rings (SSSR count). The maximum absolute atomic E-state index is 12.5. The molecule has 4 heteroatoms. The minimum atomic E-state index is -0.216. The van der Waals surface area contributed by atoms with E-state index in [9.17, 15) is 4.79 Å². The lowest BCUT2D eigenvalue weighted by atomic mass is 9.53. The molecular weight excluding hydrogens is 432 g/mol. The number of alkyl halides is 1. The van der Waals surface area contributed by atoms with Crippen molar-refractivity contribution in [2.75, 3.05) is 13.7 Å². The highest BCUT2D eigenvalue weighted by Gasteiger charge is 2.75. The van der Waals surface area contributed by atoms with Gasteiger partial charge in [0.15, 0.2) is 0 Å². The third-order valence-corrected chi connectivity index (χ3v) is 10.6. The average Bonchev–Trinajstić information content (AvgIpc) is 3.55. The van der Waals surface area contributed by atoms with Gasteiger partial charge in [0.2, 0.25) is 0 Å². The quantitative estimate of drug-likeness (QED) is 0.376. The van der Waals surface area contributed by atoms with Gasteiger partial charge < -0.3 is 9.47 Å². The van der Waals surface area contributed by atoms with Crippen LogP contribution in [0.2, 0.25) is 0 Å². The molecule has 0 heterocycles. The van der Waals surface area contributed by atoms with Crippen molar-refractivity contribution in [1.29, 1.82) is 0 Å². The van der Waals surface area contributed by atoms with E-state index in [1.165, 1.54) is 24.8 Å². The summed E-state index contributed by atoms with van der Waals surface area (Å²) in [6.07, 6.45) is 7.04. The lowest BCUT2D eigenvalue weighted by molar-refractivity contribution is 0.00544. The molecule has 0 N–H and O–H groups in total. The molecule has 0 amide bonds. The largest absolute Gasteiger partial charge is 0.497 e. The summed E-state index contributed by atoms with van der Waals surface area (Å²) in [5, 5.41) is 0.184. The molecule has 2 aromatic carbocycles. The first-order valence-electron chi connectivity index (χ1n) is 12.5. The fourth-order valence-electron chi connectivity index (χ4n) is 8.28. The van der Waals surface area contributed by atoms with Crippen molar-refractivity contribution in [1.82, 2.24) is 0 Å². The Morgan fingerprint density at radius 2 is 1.97 bits per heavy atom. The SMILES string of the molecule is COc1ccc2c(c1)CC[C@@H]1[C@@H]2CC[C@@]2(C)[C@H]1CC(Cl)[C@@]21C[C@@H]1COC(=O)c1ccccc1. The van der Waals surface area contributed by atoms with Crippen LogP contribution in [0.1, 0.15) is 66.4 Å². The van der Waals surface area contributed by atoms with Crippen LogP contribution in [0.5, 0.6) is 5.75 Å². The summed E-state index contributed by atoms with van der Waals surface area (Å²) >= 11 is 7.17. The Morgan fingerprint density at radius 3 is 2.76 bits per heavy atom. The first kappa shape index (κ1) is 21.5. The number of ether oxygens (including phenoxy) is 2. The van der Waals surface area contributed by atoms with Gasteiger partial charge in [-0.05, 0) is 103 Å². The molecule has 174 valence electrons. The number of aryl methyl sites for hydroxylation is 1. The van der Waals surface area contributed by atoms with E-state index in [0.29, 0.717) is 35.8 Å². The minimum absolute atomic E-state index is 0.126. The van der Waals surface area contributed by atoms with Crippen LogP contribution in [0.25, 0.3) is 0 Å². The zero-order valence-corrected chi connectivity index (χ0v) is 20.3. The maximum atomic E-state index is 12.5. The van der Waals surface area contributed by atoms with Crippen LogP contribution < -0.4 is 4.74 Å². The molecule has 2 aromatic rings. The van der Waals surface area contributed by atoms with E-state index < -0.39 is 0 Å². The topological polar surface area (TPSA) is 35.5 Å². The Hall–Kier alpha value is -2.00. The first-order chi connectivity index (χ1) is 16.0. The number of rotatable bonds is 4. The van der Waals surface area contributed by atoms with Crippen LogP contribution in [0.15, 0.2) is 48.5 Å². The summed E-state index contributed by atoms with van der Waals surface area (Å²) in [5.74, 6) is 3.15. The Bertz CT molecular complexity index is 1070. The molecule has 1 spiro atoms. The van der Waals surface area contributed by atoms with Crippen LogP contribution in [0.3, 0.4) is 0 Å². The number of fused-ring (bicyclic) bond motifs is 6. The number of hydrogen-bond acceptors (Lipinski definition) is 3. The van der Waals surface area contributed by atoms with Gasteiger partial charge in [-0.1, -0.05) is 31.2 Å². The van der Waals surface area contributed by atoms with Crippen molar-refractivity contribution in [3.8, 4) is 5.75 Å². The highest BCUT2D eigenvalue weighted by Crippen LogP contribution is 2.79. The van der Waals surface area contributed by atoms with Crippen LogP contribution in [-0.4, -0.2) is 25.1 Å². The van der Waals surface area contributed by atoms with Gasteiger partial charge in [-0.25, -0.2) is 4.79 Å². The summed E-state index contributed by atoms with van der Waals surface area (Å²) in [6, 6.07) is 16.0. The standard InChI is InChI=1S/C29H33ClO3/c1-28-13-12-23-22-11-9-21(32-2)14-19(22)8-10-24(23)25(28)15-26(30)29(28)16-20(29)17-33-27(31)18-6-4-3-5-7-18/h3-7,9,11,14,20,23-26H,8,10,12-13,15-17H2,1-2H3/t20-,23-,24-,25+,26?,28+,29+/m1/s1. The summed E-state index contributed by atoms with van der Waals surface area (Å²) in [4.78, 5) is 12.5. The van der Waals surface area contributed by atoms with E-state index >= 15 is 0 Å². The van der Waals surface area contributed by atoms with Crippen LogP contribution >= 0.6 is 11.6 Å². The number of hydrogen-bond donors (Lipinski definition) is 0. The molecule has 3 fully saturated rings. The second kappa shape index (κ2) is 7.77. The number of methoxy groups -OCH3 is 1. The summed E-state index contributed by atoms with van der Waals surface area (Å²) in [5.41, 5.74) is 4.02. The molecule has 3 nitrogen and oxygen atoms in total. The predicted molar refractivity (Wildman–Crippen MR) is 130 cm³/mol. The zero-order valence-electron chi connectivity index (χ0n) is 19.6. The Morgan fingerprint density at radius 1 is 1.15 bits per heavy atom. The Kier molecular flexibility index (Phi) is 5.07. The molecule has 3 saturated carbocycles. The molecule has 0 bridgehead atoms. The van der Waals surface area contributed by atoms with Gasteiger partial charge >= 0.3 is 5.97 Å². The van der Waals surface area contributed by atoms with E-state index in [4.69, 9.17) is 21.1 Å². The molecular formula is C29H33ClO3. The highest BCUT2D eigenvalue weighted by atomic mass is 35.5. The van der Waals surface area contributed by atoms with E-state index in [0.717, 1.165) is 25.0 Å². The molecule has 4 aliphatic carbocycles. The fourth-order valence-corrected chi connectivity index (χ4v) is 8.99. The second-order valence-corrected chi connectivity index (χ2v) is 11.6. The van der Waals surface area contributed by atoms with E-state index in [1.54, 1.807) is 12.7 Å². The normalized spacial score (nSPS) is 38.2. The van der Waals surface area contributed by atoms with E-state index in [2.05, 4.69) is 25.1 Å². The molecule has 33 heavy (non-hydrogen) atoms. The summed E-state index contributed by atoms with van der Waals surface area (Å²) in [7, 11) is 1.75. The van der Waals surface area contributed by atoms with Crippen LogP contribution in [0, 0.1) is 28.6 Å². The molecule has 4 aliphatic rings. The number of esters is 1. The maximum Gasteiger partial charge on any atom is 0.338 e. The van der Waals surface area contributed by atoms with Crippen LogP contribution in [-0.2, 0) is 11.2 Å². The highest BCUT2D eigenvalue weighted by molar-refractivity contribution is 6.21. The third kappa shape index (κ3) is 3.11. The molecule has 0 saturated heterocycles. The fraction of sp³-hybridized carbons (Fsp3) is 0.552. The number of benzene rings is 2. The van der Waals surface area contributed by atoms with Crippen molar-refractivity contribution in [2.24, 2.45) is 28.6 Å². The van der Waals surface area contributed by atoms with Gasteiger partial charge in [0, 0.05) is 11.3 Å². The van der Waals surface area contributed by atoms with Gasteiger partial charge in [-0.2, -0.15) is 0 Å². The number of halogens is 1. The lowest BCUT2D eigenvalue weighted by Crippen LogP contribution is -2.44. The van der Waals surface area contributed by atoms with Crippen LogP contribution in [0.4, 0.5) is 0 Å². The summed E-state index contributed by atoms with van der Waals surface area (Å²) < 4.78 is 11.3. The van der Waals surface area contributed by atoms with Crippen molar-refractivity contribution in [2.45, 2.75) is 56.7 Å². The van der Waals surface area contributed by atoms with Crippen molar-refractivity contribution >= 4 is 17.6 Å². The molecule has 0 aliphatic heterocycles. The monoisotopic (exact) mass is 464 g/mol. The van der Waals surface area contributed by atoms with Gasteiger partial charge in [0.25, 0.3) is 0 Å². The Balaban J connectivity index is 1.20. The second-order valence-electron chi connectivity index (χ2n) is 11.0. The summed E-state index contributed by atoms with van der Waals surface area (Å²) in [6.45, 7) is 3.01. The first-order valence-corrected chi connectivity index (χ1v) is 12.9. The number of carbonyl (C=O) groups excluding carboxylic acids is 1. The van der Waals surface area contributed by atoms with Gasteiger partial charge in [-0.3, -0.25) is 0 Å². The average molecular weight is 465 g/mol. The molecule has 7 atom stereocenters. The van der Waals surface area contributed by atoms with Gasteiger partial charge in [-0.15, -0.1) is 11.6 Å². The van der Waals surface area contributed by atoms with Crippen molar-refractivity contribution in [3.05, 3.63) is 65.2 Å². The molecule has 0 aromatic heterocycles. The van der Waals surface area contributed by atoms with Gasteiger partial charge in [0.05, 0.1) is 19.3 Å². The lowest BCUT2D eigenvalue weighted by Gasteiger charge is -2.51. The third-order valence-electron chi connectivity index (χ3n) is 9.98. The Labute approximate surface area is 201 Å². The molecule has 0 radical (unpaired) electrons. The zero-order chi connectivity index (χ0) is 22.8. The smallest absolute Gasteiger partial charge is 0.338 e. The minimum Gasteiger partial charge on any atom is -0.497 e. The van der Waals surface area contributed by atoms with E-state index in [1.807, 2.05) is 30.3 Å². The van der Waals surface area contributed by atoms with Crippen molar-refractivity contribution < 1.29 is 14.3 Å². The van der Waals surface area contributed by atoms with E-state index in [-0.39, 0.29) is 22.2 Å². The molecule has 1 unspecified atom stereocenters. The number of carbonyl (C=O) groups is 1.